The quantitative estimate of drug-likeness (QED) is 0.363. The first kappa shape index (κ1) is 10.2. The molecule has 0 heterocycles. The van der Waals surface area contributed by atoms with Gasteiger partial charge in [-0.3, -0.25) is 0 Å². The Morgan fingerprint density at radius 3 is 2.27 bits per heavy atom. The van der Waals surface area contributed by atoms with E-state index in [9.17, 15) is 4.79 Å². The molecule has 3 N–H and O–H groups in total. The van der Waals surface area contributed by atoms with Crippen molar-refractivity contribution < 1.29 is 9.90 Å². The molecule has 4 heteroatoms. The van der Waals surface area contributed by atoms with Gasteiger partial charge in [-0.2, -0.15) is 0 Å². The normalized spacial score (nSPS) is 11.3. The van der Waals surface area contributed by atoms with Crippen LogP contribution in [0.3, 0.4) is 0 Å². The molecule has 0 aliphatic heterocycles. The summed E-state index contributed by atoms with van der Waals surface area (Å²) in [5.41, 5.74) is 0.132. The van der Waals surface area contributed by atoms with Gasteiger partial charge in [-0.15, -0.1) is 0 Å². The van der Waals surface area contributed by atoms with Crippen LogP contribution in [0.2, 0.25) is 0 Å². The third-order valence-electron chi connectivity index (χ3n) is 1.35. The summed E-state index contributed by atoms with van der Waals surface area (Å²) in [6, 6.07) is 0. The fourth-order valence-corrected chi connectivity index (χ4v) is 0.552. The Labute approximate surface area is 67.0 Å². The number of carboxylic acid groups (broad SMARTS) is 1. The van der Waals surface area contributed by atoms with Crippen molar-refractivity contribution in [3.05, 3.63) is 0 Å². The number of carbonyl (C=O) groups is 1. The maximum atomic E-state index is 10.2. The molecule has 0 saturated heterocycles. The van der Waals surface area contributed by atoms with Gasteiger partial charge >= 0.3 is 6.09 Å². The second-order valence-corrected chi connectivity index (χ2v) is 3.79. The second-order valence-electron chi connectivity index (χ2n) is 3.79. The number of amides is 1. The van der Waals surface area contributed by atoms with Gasteiger partial charge in [0.15, 0.2) is 0 Å². The topological polar surface area (TPSA) is 66.6 Å². The molecule has 0 radical (unpaired) electrons. The van der Waals surface area contributed by atoms with Gasteiger partial charge in [0.05, 0.1) is 0 Å². The van der Waals surface area contributed by atoms with Crippen molar-refractivity contribution in [3.63, 3.8) is 0 Å². The molecule has 0 atom stereocenters. The van der Waals surface area contributed by atoms with Crippen molar-refractivity contribution in [1.82, 2.24) is 5.01 Å². The first-order valence-corrected chi connectivity index (χ1v) is 3.58. The number of nitrogens with two attached hydrogens (primary N) is 1. The van der Waals surface area contributed by atoms with E-state index in [0.717, 1.165) is 11.4 Å². The molecule has 66 valence electrons. The van der Waals surface area contributed by atoms with Crippen LogP contribution in [-0.2, 0) is 0 Å². The monoisotopic (exact) mass is 160 g/mol. The van der Waals surface area contributed by atoms with Gasteiger partial charge in [-0.1, -0.05) is 20.8 Å². The van der Waals surface area contributed by atoms with Gasteiger partial charge in [-0.25, -0.2) is 15.6 Å². The summed E-state index contributed by atoms with van der Waals surface area (Å²) < 4.78 is 0. The summed E-state index contributed by atoms with van der Waals surface area (Å²) in [5.74, 6) is 5.16. The maximum absolute atomic E-state index is 10.2. The summed E-state index contributed by atoms with van der Waals surface area (Å²) in [4.78, 5) is 10.2. The van der Waals surface area contributed by atoms with Crippen molar-refractivity contribution in [2.75, 3.05) is 6.54 Å². The highest BCUT2D eigenvalue weighted by Crippen LogP contribution is 2.17. The van der Waals surface area contributed by atoms with E-state index in [1.54, 1.807) is 0 Å². The summed E-state index contributed by atoms with van der Waals surface area (Å²) in [6.45, 7) is 6.52. The van der Waals surface area contributed by atoms with E-state index in [4.69, 9.17) is 10.9 Å². The SMILES string of the molecule is CC(C)(C)CCN(N)C(=O)O. The van der Waals surface area contributed by atoms with Crippen LogP contribution in [0.15, 0.2) is 0 Å². The van der Waals surface area contributed by atoms with Crippen molar-refractivity contribution in [2.45, 2.75) is 27.2 Å². The number of rotatable bonds is 2. The standard InChI is InChI=1S/C7H16N2O2/c1-7(2,3)4-5-9(8)6(10)11/h4-5,8H2,1-3H3,(H,10,11). The number of nitrogens with zero attached hydrogens (tertiary/aromatic N) is 1. The average molecular weight is 160 g/mol. The minimum absolute atomic E-state index is 0.132. The van der Waals surface area contributed by atoms with Gasteiger partial charge in [0.1, 0.15) is 0 Å². The summed E-state index contributed by atoms with van der Waals surface area (Å²) in [6.07, 6.45) is -0.301. The first-order valence-electron chi connectivity index (χ1n) is 3.58. The molecule has 4 nitrogen and oxygen atoms in total. The fraction of sp³-hybridized carbons (Fsp3) is 0.857. The largest absolute Gasteiger partial charge is 0.464 e. The van der Waals surface area contributed by atoms with Crippen molar-refractivity contribution >= 4 is 6.09 Å². The van der Waals surface area contributed by atoms with Gasteiger partial charge in [0.2, 0.25) is 0 Å². The molecule has 1 amide bonds. The second kappa shape index (κ2) is 3.57. The third kappa shape index (κ3) is 5.66. The Kier molecular flexibility index (Phi) is 3.32. The minimum Gasteiger partial charge on any atom is -0.464 e. The molecule has 0 rings (SSSR count). The predicted molar refractivity (Wildman–Crippen MR) is 43.0 cm³/mol. The van der Waals surface area contributed by atoms with Crippen molar-refractivity contribution in [2.24, 2.45) is 11.3 Å². The lowest BCUT2D eigenvalue weighted by Gasteiger charge is -2.21. The molecule has 0 fully saturated rings. The predicted octanol–water partition coefficient (Wildman–Crippen LogP) is 1.28. The molecule has 0 unspecified atom stereocenters. The number of hydrogen-bond acceptors (Lipinski definition) is 2. The van der Waals surface area contributed by atoms with E-state index >= 15 is 0 Å². The minimum atomic E-state index is -1.07. The highest BCUT2D eigenvalue weighted by molar-refractivity contribution is 5.63. The van der Waals surface area contributed by atoms with E-state index in [1.165, 1.54) is 0 Å². The molecule has 0 bridgehead atoms. The third-order valence-corrected chi connectivity index (χ3v) is 1.35. The zero-order valence-electron chi connectivity index (χ0n) is 7.29. The van der Waals surface area contributed by atoms with Crippen molar-refractivity contribution in [3.8, 4) is 0 Å². The lowest BCUT2D eigenvalue weighted by molar-refractivity contribution is 0.139. The molecular formula is C7H16N2O2. The smallest absolute Gasteiger partial charge is 0.421 e. The van der Waals surface area contributed by atoms with Crippen LogP contribution in [0, 0.1) is 5.41 Å². The van der Waals surface area contributed by atoms with Crippen LogP contribution >= 0.6 is 0 Å². The maximum Gasteiger partial charge on any atom is 0.421 e. The van der Waals surface area contributed by atoms with Gasteiger partial charge in [0.25, 0.3) is 0 Å². The highest BCUT2D eigenvalue weighted by Gasteiger charge is 2.13. The molecule has 0 aromatic heterocycles. The Morgan fingerprint density at radius 1 is 1.55 bits per heavy atom. The van der Waals surface area contributed by atoms with Gasteiger partial charge in [0, 0.05) is 6.54 Å². The Morgan fingerprint density at radius 2 is 2.00 bits per heavy atom. The lowest BCUT2D eigenvalue weighted by atomic mass is 9.92. The summed E-state index contributed by atoms with van der Waals surface area (Å²) >= 11 is 0. The van der Waals surface area contributed by atoms with Gasteiger partial charge in [-0.05, 0) is 11.8 Å². The Balaban J connectivity index is 3.63. The summed E-state index contributed by atoms with van der Waals surface area (Å²) in [5, 5.41) is 9.19. The van der Waals surface area contributed by atoms with Gasteiger partial charge < -0.3 is 5.11 Å². The van der Waals surface area contributed by atoms with Crippen LogP contribution in [-0.4, -0.2) is 22.8 Å². The molecular weight excluding hydrogens is 144 g/mol. The van der Waals surface area contributed by atoms with Crippen LogP contribution in [0.4, 0.5) is 4.79 Å². The van der Waals surface area contributed by atoms with Crippen LogP contribution in [0.1, 0.15) is 27.2 Å². The lowest BCUT2D eigenvalue weighted by Crippen LogP contribution is -2.38. The average Bonchev–Trinajstić information content (AvgIpc) is 1.80. The Bertz CT molecular complexity index is 140. The first-order chi connectivity index (χ1) is 4.83. The molecule has 0 aromatic rings. The Hall–Kier alpha value is -0.770. The molecule has 0 saturated carbocycles. The fourth-order valence-electron chi connectivity index (χ4n) is 0.552. The molecule has 11 heavy (non-hydrogen) atoms. The van der Waals surface area contributed by atoms with Crippen LogP contribution in [0.25, 0.3) is 0 Å². The molecule has 0 spiro atoms. The van der Waals surface area contributed by atoms with E-state index in [1.807, 2.05) is 20.8 Å². The zero-order valence-corrected chi connectivity index (χ0v) is 7.29. The summed E-state index contributed by atoms with van der Waals surface area (Å²) in [7, 11) is 0. The molecule has 0 aliphatic carbocycles. The van der Waals surface area contributed by atoms with E-state index in [-0.39, 0.29) is 5.41 Å². The highest BCUT2D eigenvalue weighted by atomic mass is 16.4. The van der Waals surface area contributed by atoms with E-state index < -0.39 is 6.09 Å². The van der Waals surface area contributed by atoms with E-state index in [2.05, 4.69) is 0 Å². The van der Waals surface area contributed by atoms with Crippen LogP contribution < -0.4 is 5.84 Å². The number of hydrogen-bond donors (Lipinski definition) is 2. The molecule has 0 aliphatic rings. The van der Waals surface area contributed by atoms with E-state index in [0.29, 0.717) is 6.54 Å². The van der Waals surface area contributed by atoms with Crippen LogP contribution in [0.5, 0.6) is 0 Å². The zero-order chi connectivity index (χ0) is 9.07. The van der Waals surface area contributed by atoms with Crippen molar-refractivity contribution in [1.29, 1.82) is 0 Å². The number of hydrazine groups is 1. The molecule has 0 aromatic carbocycles.